The van der Waals surface area contributed by atoms with Crippen LogP contribution < -0.4 is 10.1 Å². The normalized spacial score (nSPS) is 15.4. The third-order valence-electron chi connectivity index (χ3n) is 5.76. The van der Waals surface area contributed by atoms with E-state index < -0.39 is 0 Å². The molecule has 11 heteroatoms. The molecule has 5 aromatic heterocycles. The summed E-state index contributed by atoms with van der Waals surface area (Å²) in [6, 6.07) is 9.89. The van der Waals surface area contributed by atoms with Crippen LogP contribution in [-0.4, -0.2) is 45.7 Å². The summed E-state index contributed by atoms with van der Waals surface area (Å²) < 4.78 is 11.7. The van der Waals surface area contributed by atoms with Gasteiger partial charge in [-0.05, 0) is 35.7 Å². The fourth-order valence-corrected chi connectivity index (χ4v) is 4.28. The molecule has 166 valence electrons. The molecule has 1 N–H and O–H groups in total. The van der Waals surface area contributed by atoms with Gasteiger partial charge in [-0.25, -0.2) is 9.38 Å². The zero-order valence-electron chi connectivity index (χ0n) is 17.8. The van der Waals surface area contributed by atoms with E-state index in [1.165, 1.54) is 0 Å². The zero-order chi connectivity index (χ0) is 22.4. The third kappa shape index (κ3) is 3.68. The topological polar surface area (TPSA) is 100.0 Å². The van der Waals surface area contributed by atoms with Gasteiger partial charge in [-0.1, -0.05) is 11.6 Å². The van der Waals surface area contributed by atoms with Crippen LogP contribution in [0, 0.1) is 0 Å². The maximum absolute atomic E-state index is 6.13. The van der Waals surface area contributed by atoms with Gasteiger partial charge in [0.1, 0.15) is 17.5 Å². The number of hydrogen-bond donors (Lipinski definition) is 1. The molecule has 5 aromatic rings. The average Bonchev–Trinajstić information content (AvgIpc) is 3.50. The lowest BCUT2D eigenvalue weighted by Crippen LogP contribution is -2.13. The van der Waals surface area contributed by atoms with Gasteiger partial charge in [0.05, 0.1) is 30.6 Å². The van der Waals surface area contributed by atoms with Crippen LogP contribution in [0.4, 0.5) is 11.6 Å². The Morgan fingerprint density at radius 3 is 2.88 bits per heavy atom. The number of aryl methyl sites for hydroxylation is 1. The largest absolute Gasteiger partial charge is 0.478 e. The second-order valence-corrected chi connectivity index (χ2v) is 8.38. The minimum Gasteiger partial charge on any atom is -0.478 e. The molecule has 0 saturated heterocycles. The van der Waals surface area contributed by atoms with Crippen LogP contribution in [0.25, 0.3) is 16.8 Å². The van der Waals surface area contributed by atoms with Crippen molar-refractivity contribution in [1.29, 1.82) is 0 Å². The van der Waals surface area contributed by atoms with E-state index in [1.54, 1.807) is 23.3 Å². The van der Waals surface area contributed by atoms with E-state index in [2.05, 4.69) is 30.7 Å². The van der Waals surface area contributed by atoms with Crippen molar-refractivity contribution in [3.63, 3.8) is 0 Å². The molecule has 0 spiro atoms. The maximum Gasteiger partial charge on any atom is 0.201 e. The molecule has 0 fully saturated rings. The number of anilines is 2. The molecule has 0 bridgehead atoms. The highest BCUT2D eigenvalue weighted by Gasteiger charge is 2.25. The van der Waals surface area contributed by atoms with Crippen molar-refractivity contribution in [2.24, 2.45) is 7.05 Å². The van der Waals surface area contributed by atoms with Crippen molar-refractivity contribution < 1.29 is 4.74 Å². The van der Waals surface area contributed by atoms with Crippen molar-refractivity contribution in [1.82, 2.24) is 39.1 Å². The highest BCUT2D eigenvalue weighted by Crippen LogP contribution is 2.33. The lowest BCUT2D eigenvalue weighted by molar-refractivity contribution is 0.291. The summed E-state index contributed by atoms with van der Waals surface area (Å²) in [5.74, 6) is 3.28. The summed E-state index contributed by atoms with van der Waals surface area (Å²) in [4.78, 5) is 4.43. The number of halogens is 1. The van der Waals surface area contributed by atoms with Gasteiger partial charge in [0.15, 0.2) is 5.65 Å². The van der Waals surface area contributed by atoms with E-state index in [-0.39, 0.29) is 5.92 Å². The highest BCUT2D eigenvalue weighted by molar-refractivity contribution is 6.30. The molecule has 0 amide bonds. The first-order valence-electron chi connectivity index (χ1n) is 10.6. The predicted octanol–water partition coefficient (Wildman–Crippen LogP) is 3.68. The molecule has 0 aliphatic carbocycles. The molecular weight excluding hydrogens is 442 g/mol. The standard InChI is InChI=1S/C22H20ClN9O/c1-30-19(3-6-25-30)27-18-8-14(2-5-24-18)16-9-20-28-29-22-15(12-31-13-17(23)11-26-31)4-7-33-21(10-16)32(20)22/h2-3,5-6,8-11,13,15H,4,7,12H2,1H3,(H,24,27)/t15-/m1/s1. The van der Waals surface area contributed by atoms with E-state index in [0.29, 0.717) is 18.2 Å². The number of aromatic nitrogens is 8. The molecule has 0 unspecified atom stereocenters. The Morgan fingerprint density at radius 1 is 1.12 bits per heavy atom. The van der Waals surface area contributed by atoms with Crippen LogP contribution in [-0.2, 0) is 13.6 Å². The molecule has 0 aromatic carbocycles. The summed E-state index contributed by atoms with van der Waals surface area (Å²) in [6.45, 7) is 1.23. The van der Waals surface area contributed by atoms with E-state index in [0.717, 1.165) is 46.5 Å². The quantitative estimate of drug-likeness (QED) is 0.426. The zero-order valence-corrected chi connectivity index (χ0v) is 18.5. The molecule has 10 nitrogen and oxygen atoms in total. The van der Waals surface area contributed by atoms with Crippen molar-refractivity contribution >= 4 is 28.9 Å². The third-order valence-corrected chi connectivity index (χ3v) is 5.95. The summed E-state index contributed by atoms with van der Waals surface area (Å²) in [5, 5.41) is 21.3. The van der Waals surface area contributed by atoms with E-state index >= 15 is 0 Å². The summed E-state index contributed by atoms with van der Waals surface area (Å²) in [5.41, 5.74) is 2.71. The molecule has 1 aliphatic heterocycles. The Morgan fingerprint density at radius 2 is 2.06 bits per heavy atom. The Balaban J connectivity index is 1.35. The van der Waals surface area contributed by atoms with Gasteiger partial charge in [0.25, 0.3) is 0 Å². The Kier molecular flexibility index (Phi) is 4.72. The highest BCUT2D eigenvalue weighted by atomic mass is 35.5. The molecular formula is C22H20ClN9O. The lowest BCUT2D eigenvalue weighted by Gasteiger charge is -2.12. The maximum atomic E-state index is 6.13. The molecule has 1 aliphatic rings. The number of nitrogens with zero attached hydrogens (tertiary/aromatic N) is 8. The fraction of sp³-hybridized carbons (Fsp3) is 0.227. The number of rotatable bonds is 5. The first kappa shape index (κ1) is 19.7. The van der Waals surface area contributed by atoms with Crippen molar-refractivity contribution in [3.8, 4) is 17.0 Å². The summed E-state index contributed by atoms with van der Waals surface area (Å²) in [7, 11) is 1.88. The SMILES string of the molecule is Cn1nccc1Nc1cc(-c2cc3n4c(nnc4c2)[C@@H](Cn2cc(Cl)cn2)CCO3)ccn1. The van der Waals surface area contributed by atoms with Crippen LogP contribution in [0.2, 0.25) is 5.02 Å². The fourth-order valence-electron chi connectivity index (χ4n) is 4.12. The van der Waals surface area contributed by atoms with Crippen molar-refractivity contribution in [2.75, 3.05) is 11.9 Å². The monoisotopic (exact) mass is 461 g/mol. The van der Waals surface area contributed by atoms with Gasteiger partial charge < -0.3 is 10.1 Å². The minimum absolute atomic E-state index is 0.110. The second-order valence-electron chi connectivity index (χ2n) is 7.94. The number of ether oxygens (including phenoxy) is 1. The van der Waals surface area contributed by atoms with Crippen LogP contribution in [0.5, 0.6) is 5.88 Å². The Bertz CT molecular complexity index is 1450. The van der Waals surface area contributed by atoms with Gasteiger partial charge in [0, 0.05) is 37.5 Å². The average molecular weight is 462 g/mol. The van der Waals surface area contributed by atoms with Gasteiger partial charge >= 0.3 is 0 Å². The molecule has 0 radical (unpaired) electrons. The Labute approximate surface area is 193 Å². The number of nitrogens with one attached hydrogen (secondary N) is 1. The van der Waals surface area contributed by atoms with Crippen LogP contribution in [0.3, 0.4) is 0 Å². The number of pyridine rings is 2. The van der Waals surface area contributed by atoms with E-state index in [1.807, 2.05) is 52.7 Å². The molecule has 1 atom stereocenters. The van der Waals surface area contributed by atoms with Crippen LogP contribution in [0.1, 0.15) is 18.2 Å². The minimum atomic E-state index is 0.110. The first-order valence-corrected chi connectivity index (χ1v) is 10.9. The van der Waals surface area contributed by atoms with Gasteiger partial charge in [0.2, 0.25) is 5.88 Å². The van der Waals surface area contributed by atoms with Gasteiger partial charge in [-0.2, -0.15) is 10.2 Å². The van der Waals surface area contributed by atoms with E-state index in [4.69, 9.17) is 16.3 Å². The Hall–Kier alpha value is -3.92. The van der Waals surface area contributed by atoms with Crippen molar-refractivity contribution in [2.45, 2.75) is 18.9 Å². The van der Waals surface area contributed by atoms with E-state index in [9.17, 15) is 0 Å². The molecule has 6 heterocycles. The van der Waals surface area contributed by atoms with Gasteiger partial charge in [-0.15, -0.1) is 10.2 Å². The first-order chi connectivity index (χ1) is 16.1. The smallest absolute Gasteiger partial charge is 0.201 e. The van der Waals surface area contributed by atoms with Crippen LogP contribution in [0.15, 0.2) is 55.1 Å². The predicted molar refractivity (Wildman–Crippen MR) is 123 cm³/mol. The number of hydrogen-bond acceptors (Lipinski definition) is 7. The van der Waals surface area contributed by atoms with Gasteiger partial charge in [-0.3, -0.25) is 9.36 Å². The van der Waals surface area contributed by atoms with Crippen LogP contribution >= 0.6 is 11.6 Å². The summed E-state index contributed by atoms with van der Waals surface area (Å²) >= 11 is 6.03. The molecule has 33 heavy (non-hydrogen) atoms. The molecule has 0 saturated carbocycles. The summed E-state index contributed by atoms with van der Waals surface area (Å²) in [6.07, 6.45) is 7.77. The van der Waals surface area contributed by atoms with Crippen molar-refractivity contribution in [3.05, 3.63) is 66.0 Å². The molecule has 6 rings (SSSR count). The lowest BCUT2D eigenvalue weighted by atomic mass is 10.1. The second kappa shape index (κ2) is 7.89.